The normalized spacial score (nSPS) is 12.4. The molecule has 0 saturated carbocycles. The summed E-state index contributed by atoms with van der Waals surface area (Å²) in [5.74, 6) is 0. The van der Waals surface area contributed by atoms with Crippen LogP contribution in [0.15, 0.2) is 12.3 Å². The molecule has 0 amide bonds. The van der Waals surface area contributed by atoms with Gasteiger partial charge in [-0.25, -0.2) is 0 Å². The highest BCUT2D eigenvalue weighted by Gasteiger charge is 2.11. The zero-order valence-corrected chi connectivity index (χ0v) is 14.8. The number of nitrogens with one attached hydrogen (secondary N) is 1. The first-order valence-corrected chi connectivity index (χ1v) is 9.00. The fourth-order valence-corrected chi connectivity index (χ4v) is 2.92. The lowest BCUT2D eigenvalue weighted by Crippen LogP contribution is -2.04. The number of aromatic nitrogens is 1. The number of alkyl halides is 1. The fourth-order valence-electron chi connectivity index (χ4n) is 2.36. The van der Waals surface area contributed by atoms with Crippen LogP contribution >= 0.6 is 23.2 Å². The summed E-state index contributed by atoms with van der Waals surface area (Å²) < 4.78 is 0. The summed E-state index contributed by atoms with van der Waals surface area (Å²) >= 11 is 12.4. The average Bonchev–Trinajstić information content (AvgIpc) is 2.46. The maximum Gasteiger partial charge on any atom is 0.0868 e. The second kappa shape index (κ2) is 11.1. The van der Waals surface area contributed by atoms with E-state index in [1.807, 2.05) is 13.0 Å². The monoisotopic (exact) mass is 330 g/mol. The predicted molar refractivity (Wildman–Crippen MR) is 94.6 cm³/mol. The van der Waals surface area contributed by atoms with E-state index in [0.717, 1.165) is 17.9 Å². The number of nitrogens with zero attached hydrogens (tertiary/aromatic N) is 1. The van der Waals surface area contributed by atoms with Gasteiger partial charge in [0.1, 0.15) is 0 Å². The Morgan fingerprint density at radius 1 is 1.10 bits per heavy atom. The van der Waals surface area contributed by atoms with Gasteiger partial charge in [-0.2, -0.15) is 0 Å². The lowest BCUT2D eigenvalue weighted by molar-refractivity contribution is 0.581. The molecule has 1 aromatic heterocycles. The highest BCUT2D eigenvalue weighted by atomic mass is 35.5. The molecule has 1 heterocycles. The smallest absolute Gasteiger partial charge is 0.0868 e. The van der Waals surface area contributed by atoms with Gasteiger partial charge in [-0.05, 0) is 19.4 Å². The molecule has 1 aromatic rings. The van der Waals surface area contributed by atoms with Gasteiger partial charge in [0, 0.05) is 12.7 Å². The van der Waals surface area contributed by atoms with E-state index in [4.69, 9.17) is 23.2 Å². The van der Waals surface area contributed by atoms with Crippen LogP contribution in [0.3, 0.4) is 0 Å². The molecule has 0 bridgehead atoms. The molecule has 0 saturated heterocycles. The molecule has 1 atom stereocenters. The number of unbranched alkanes of at least 4 members (excludes halogenated alkanes) is 7. The lowest BCUT2D eigenvalue weighted by atomic mass is 10.1. The Kier molecular flexibility index (Phi) is 9.86. The molecule has 4 heteroatoms. The highest BCUT2D eigenvalue weighted by Crippen LogP contribution is 2.31. The van der Waals surface area contributed by atoms with Gasteiger partial charge in [-0.15, -0.1) is 11.6 Å². The van der Waals surface area contributed by atoms with Crippen LogP contribution in [0.5, 0.6) is 0 Å². The van der Waals surface area contributed by atoms with Gasteiger partial charge in [0.2, 0.25) is 0 Å². The molecule has 2 nitrogen and oxygen atoms in total. The number of halogens is 2. The number of hydrogen-bond acceptors (Lipinski definition) is 2. The Morgan fingerprint density at radius 2 is 1.71 bits per heavy atom. The minimum absolute atomic E-state index is 0.164. The van der Waals surface area contributed by atoms with Crippen molar-refractivity contribution in [3.05, 3.63) is 23.0 Å². The predicted octanol–water partition coefficient (Wildman–Crippen LogP) is 6.59. The summed E-state index contributed by atoms with van der Waals surface area (Å²) in [6, 6.07) is 1.91. The van der Waals surface area contributed by atoms with Crippen molar-refractivity contribution in [1.82, 2.24) is 4.98 Å². The minimum Gasteiger partial charge on any atom is -0.384 e. The number of rotatable bonds is 11. The fraction of sp³-hybridized carbons (Fsp3) is 0.706. The zero-order chi connectivity index (χ0) is 15.5. The van der Waals surface area contributed by atoms with Crippen LogP contribution in [-0.4, -0.2) is 11.5 Å². The molecule has 0 aromatic carbocycles. The van der Waals surface area contributed by atoms with Crippen LogP contribution in [0.25, 0.3) is 0 Å². The molecule has 21 heavy (non-hydrogen) atoms. The van der Waals surface area contributed by atoms with Gasteiger partial charge < -0.3 is 5.32 Å². The van der Waals surface area contributed by atoms with Gasteiger partial charge in [0.25, 0.3) is 0 Å². The van der Waals surface area contributed by atoms with Crippen molar-refractivity contribution in [1.29, 1.82) is 0 Å². The number of pyridine rings is 1. The average molecular weight is 331 g/mol. The molecular formula is C17H28Cl2N2. The Labute approximate surface area is 139 Å². The van der Waals surface area contributed by atoms with Crippen molar-refractivity contribution in [2.24, 2.45) is 0 Å². The third kappa shape index (κ3) is 7.37. The molecule has 0 aliphatic rings. The quantitative estimate of drug-likeness (QED) is 0.365. The van der Waals surface area contributed by atoms with Crippen LogP contribution in [-0.2, 0) is 0 Å². The van der Waals surface area contributed by atoms with Crippen molar-refractivity contribution < 1.29 is 0 Å². The van der Waals surface area contributed by atoms with E-state index in [0.29, 0.717) is 5.02 Å². The minimum atomic E-state index is -0.164. The molecule has 1 rings (SSSR count). The first-order valence-electron chi connectivity index (χ1n) is 8.19. The molecule has 0 radical (unpaired) electrons. The Hall–Kier alpha value is -0.470. The summed E-state index contributed by atoms with van der Waals surface area (Å²) in [5.41, 5.74) is 1.69. The largest absolute Gasteiger partial charge is 0.384 e. The summed E-state index contributed by atoms with van der Waals surface area (Å²) in [4.78, 5) is 4.23. The summed E-state index contributed by atoms with van der Waals surface area (Å²) in [5, 5.41) is 3.88. The topological polar surface area (TPSA) is 24.9 Å². The van der Waals surface area contributed by atoms with Crippen molar-refractivity contribution in [3.63, 3.8) is 0 Å². The third-order valence-corrected chi connectivity index (χ3v) is 4.24. The van der Waals surface area contributed by atoms with Gasteiger partial charge in [-0.3, -0.25) is 4.98 Å². The second-order valence-corrected chi connectivity index (χ2v) is 6.61. The van der Waals surface area contributed by atoms with Crippen LogP contribution in [0.4, 0.5) is 5.69 Å². The van der Waals surface area contributed by atoms with Crippen LogP contribution in [0.1, 0.15) is 76.3 Å². The first kappa shape index (κ1) is 18.6. The van der Waals surface area contributed by atoms with Crippen LogP contribution in [0.2, 0.25) is 5.02 Å². The molecule has 0 fully saturated rings. The molecule has 1 unspecified atom stereocenters. The van der Waals surface area contributed by atoms with Gasteiger partial charge in [-0.1, -0.05) is 63.5 Å². The third-order valence-electron chi connectivity index (χ3n) is 3.64. The van der Waals surface area contributed by atoms with E-state index in [1.54, 1.807) is 6.20 Å². The van der Waals surface area contributed by atoms with Crippen molar-refractivity contribution in [3.8, 4) is 0 Å². The molecule has 120 valence electrons. The van der Waals surface area contributed by atoms with Crippen LogP contribution < -0.4 is 5.32 Å². The summed E-state index contributed by atoms with van der Waals surface area (Å²) in [7, 11) is 0. The Balaban J connectivity index is 2.17. The summed E-state index contributed by atoms with van der Waals surface area (Å²) in [6.07, 6.45) is 12.4. The molecule has 0 aliphatic heterocycles. The van der Waals surface area contributed by atoms with E-state index < -0.39 is 0 Å². The Morgan fingerprint density at radius 3 is 2.33 bits per heavy atom. The lowest BCUT2D eigenvalue weighted by Gasteiger charge is -2.12. The first-order chi connectivity index (χ1) is 10.2. The van der Waals surface area contributed by atoms with Crippen LogP contribution in [0, 0.1) is 0 Å². The molecule has 0 aliphatic carbocycles. The second-order valence-electron chi connectivity index (χ2n) is 5.58. The SMILES string of the molecule is CCCCCCCCCCNc1ccnc(C(C)Cl)c1Cl. The maximum atomic E-state index is 6.31. The van der Waals surface area contributed by atoms with E-state index in [1.165, 1.54) is 51.4 Å². The van der Waals surface area contributed by atoms with Crippen molar-refractivity contribution >= 4 is 28.9 Å². The van der Waals surface area contributed by atoms with Crippen molar-refractivity contribution in [2.75, 3.05) is 11.9 Å². The highest BCUT2D eigenvalue weighted by molar-refractivity contribution is 6.34. The van der Waals surface area contributed by atoms with Crippen molar-refractivity contribution in [2.45, 2.75) is 70.6 Å². The van der Waals surface area contributed by atoms with Gasteiger partial charge >= 0.3 is 0 Å². The number of hydrogen-bond donors (Lipinski definition) is 1. The Bertz CT molecular complexity index is 394. The van der Waals surface area contributed by atoms with E-state index >= 15 is 0 Å². The molecule has 0 spiro atoms. The number of anilines is 1. The van der Waals surface area contributed by atoms with E-state index in [9.17, 15) is 0 Å². The molecule has 1 N–H and O–H groups in total. The summed E-state index contributed by atoms with van der Waals surface area (Å²) in [6.45, 7) is 5.10. The van der Waals surface area contributed by atoms with E-state index in [2.05, 4.69) is 17.2 Å². The molecular weight excluding hydrogens is 303 g/mol. The van der Waals surface area contributed by atoms with E-state index in [-0.39, 0.29) is 5.38 Å². The zero-order valence-electron chi connectivity index (χ0n) is 13.3. The standard InChI is InChI=1S/C17H28Cl2N2/c1-3-4-5-6-7-8-9-10-12-20-15-11-13-21-17(14(2)18)16(15)19/h11,13-14H,3-10,12H2,1-2H3,(H,20,21). The van der Waals surface area contributed by atoms with Gasteiger partial charge in [0.15, 0.2) is 0 Å². The maximum absolute atomic E-state index is 6.31. The van der Waals surface area contributed by atoms with Gasteiger partial charge in [0.05, 0.1) is 21.8 Å².